The third kappa shape index (κ3) is 4.43. The van der Waals surface area contributed by atoms with Gasteiger partial charge in [0, 0.05) is 44.3 Å². The van der Waals surface area contributed by atoms with E-state index in [2.05, 4.69) is 22.3 Å². The van der Waals surface area contributed by atoms with Gasteiger partial charge in [-0.25, -0.2) is 8.42 Å². The molecule has 6 nitrogen and oxygen atoms in total. The van der Waals surface area contributed by atoms with Gasteiger partial charge in [0.2, 0.25) is 10.0 Å². The van der Waals surface area contributed by atoms with E-state index in [1.165, 1.54) is 15.9 Å². The molecule has 0 bridgehead atoms. The smallest absolute Gasteiger partial charge is 0.251 e. The second-order valence-corrected chi connectivity index (χ2v) is 9.38. The summed E-state index contributed by atoms with van der Waals surface area (Å²) in [6.07, 6.45) is 1.99. The van der Waals surface area contributed by atoms with Crippen LogP contribution in [-0.4, -0.2) is 55.8 Å². The molecule has 7 heteroatoms. The van der Waals surface area contributed by atoms with Gasteiger partial charge in [-0.15, -0.1) is 0 Å². The average molecular weight is 400 g/mol. The molecule has 1 amide bonds. The molecular formula is C21H25N3O3S. The second-order valence-electron chi connectivity index (χ2n) is 7.44. The van der Waals surface area contributed by atoms with Crippen molar-refractivity contribution < 1.29 is 13.2 Å². The Kier molecular flexibility index (Phi) is 5.48. The number of carbonyl (C=O) groups excluding carboxylic acids is 1. The summed E-state index contributed by atoms with van der Waals surface area (Å²) in [4.78, 5) is 14.7. The number of nitrogens with one attached hydrogen (secondary N) is 1. The number of sulfonamides is 1. The Morgan fingerprint density at radius 2 is 1.68 bits per heavy atom. The van der Waals surface area contributed by atoms with Crippen LogP contribution < -0.4 is 5.32 Å². The van der Waals surface area contributed by atoms with Crippen LogP contribution in [0.2, 0.25) is 0 Å². The summed E-state index contributed by atoms with van der Waals surface area (Å²) in [5, 5.41) is 2.90. The molecule has 0 aromatic heterocycles. The highest BCUT2D eigenvalue weighted by Crippen LogP contribution is 2.22. The summed E-state index contributed by atoms with van der Waals surface area (Å²) in [6, 6.07) is 16.8. The van der Waals surface area contributed by atoms with Crippen molar-refractivity contribution >= 4 is 15.9 Å². The van der Waals surface area contributed by atoms with E-state index >= 15 is 0 Å². The van der Waals surface area contributed by atoms with Gasteiger partial charge in [0.1, 0.15) is 0 Å². The van der Waals surface area contributed by atoms with Crippen LogP contribution in [0, 0.1) is 0 Å². The lowest BCUT2D eigenvalue weighted by atomic mass is 10.2. The molecule has 2 aromatic carbocycles. The highest BCUT2D eigenvalue weighted by molar-refractivity contribution is 7.89. The predicted octanol–water partition coefficient (Wildman–Crippen LogP) is 2.09. The summed E-state index contributed by atoms with van der Waals surface area (Å²) in [7, 11) is -3.60. The SMILES string of the molecule is O=C(NC1CC1)c1cccc(S(=O)(=O)N2CCN(Cc3ccccc3)CC2)c1. The summed E-state index contributed by atoms with van der Waals surface area (Å²) in [5.41, 5.74) is 1.63. The van der Waals surface area contributed by atoms with Crippen molar-refractivity contribution in [3.63, 3.8) is 0 Å². The maximum Gasteiger partial charge on any atom is 0.251 e. The quantitative estimate of drug-likeness (QED) is 0.808. The van der Waals surface area contributed by atoms with Crippen LogP contribution in [-0.2, 0) is 16.6 Å². The van der Waals surface area contributed by atoms with Gasteiger partial charge in [-0.2, -0.15) is 4.31 Å². The summed E-state index contributed by atoms with van der Waals surface area (Å²) < 4.78 is 27.6. The molecule has 1 saturated heterocycles. The topological polar surface area (TPSA) is 69.7 Å². The predicted molar refractivity (Wildman–Crippen MR) is 107 cm³/mol. The number of hydrogen-bond donors (Lipinski definition) is 1. The van der Waals surface area contributed by atoms with E-state index in [-0.39, 0.29) is 16.8 Å². The first-order valence-corrected chi connectivity index (χ1v) is 11.1. The van der Waals surface area contributed by atoms with Gasteiger partial charge in [0.05, 0.1) is 4.90 Å². The third-order valence-electron chi connectivity index (χ3n) is 5.23. The fraction of sp³-hybridized carbons (Fsp3) is 0.381. The van der Waals surface area contributed by atoms with E-state index in [1.54, 1.807) is 18.2 Å². The Labute approximate surface area is 166 Å². The van der Waals surface area contributed by atoms with Crippen molar-refractivity contribution in [1.29, 1.82) is 0 Å². The molecule has 1 heterocycles. The fourth-order valence-electron chi connectivity index (χ4n) is 3.41. The first kappa shape index (κ1) is 19.1. The third-order valence-corrected chi connectivity index (χ3v) is 7.12. The van der Waals surface area contributed by atoms with Gasteiger partial charge in [0.25, 0.3) is 5.91 Å². The van der Waals surface area contributed by atoms with Gasteiger partial charge in [-0.1, -0.05) is 36.4 Å². The van der Waals surface area contributed by atoms with Crippen molar-refractivity contribution in [1.82, 2.24) is 14.5 Å². The van der Waals surface area contributed by atoms with E-state index in [1.807, 2.05) is 18.2 Å². The van der Waals surface area contributed by atoms with E-state index in [9.17, 15) is 13.2 Å². The zero-order chi connectivity index (χ0) is 19.6. The lowest BCUT2D eigenvalue weighted by Crippen LogP contribution is -2.48. The minimum absolute atomic E-state index is 0.187. The molecule has 2 aromatic rings. The van der Waals surface area contributed by atoms with E-state index in [0.717, 1.165) is 19.4 Å². The van der Waals surface area contributed by atoms with Crippen LogP contribution in [0.3, 0.4) is 0 Å². The highest BCUT2D eigenvalue weighted by Gasteiger charge is 2.29. The normalized spacial score (nSPS) is 18.7. The van der Waals surface area contributed by atoms with Crippen LogP contribution in [0.4, 0.5) is 0 Å². The minimum Gasteiger partial charge on any atom is -0.349 e. The van der Waals surface area contributed by atoms with Gasteiger partial charge < -0.3 is 5.32 Å². The molecule has 148 valence electrons. The maximum atomic E-state index is 13.0. The van der Waals surface area contributed by atoms with Crippen LogP contribution in [0.25, 0.3) is 0 Å². The number of nitrogens with zero attached hydrogens (tertiary/aromatic N) is 2. The van der Waals surface area contributed by atoms with Crippen molar-refractivity contribution in [3.05, 3.63) is 65.7 Å². The molecule has 1 aliphatic heterocycles. The molecule has 0 unspecified atom stereocenters. The molecule has 0 atom stereocenters. The molecule has 2 fully saturated rings. The zero-order valence-corrected chi connectivity index (χ0v) is 16.6. The van der Waals surface area contributed by atoms with Crippen LogP contribution in [0.5, 0.6) is 0 Å². The molecule has 0 radical (unpaired) electrons. The largest absolute Gasteiger partial charge is 0.349 e. The number of hydrogen-bond acceptors (Lipinski definition) is 4. The van der Waals surface area contributed by atoms with Crippen molar-refractivity contribution in [3.8, 4) is 0 Å². The Morgan fingerprint density at radius 3 is 2.36 bits per heavy atom. The summed E-state index contributed by atoms with van der Waals surface area (Å²) in [6.45, 7) is 3.11. The number of benzene rings is 2. The van der Waals surface area contributed by atoms with E-state index in [0.29, 0.717) is 31.7 Å². The first-order valence-electron chi connectivity index (χ1n) is 9.70. The Balaban J connectivity index is 1.40. The van der Waals surface area contributed by atoms with Crippen molar-refractivity contribution in [2.24, 2.45) is 0 Å². The Morgan fingerprint density at radius 1 is 0.964 bits per heavy atom. The van der Waals surface area contributed by atoms with Crippen molar-refractivity contribution in [2.75, 3.05) is 26.2 Å². The lowest BCUT2D eigenvalue weighted by Gasteiger charge is -2.34. The number of amides is 1. The minimum atomic E-state index is -3.60. The van der Waals surface area contributed by atoms with E-state index in [4.69, 9.17) is 0 Å². The van der Waals surface area contributed by atoms with Crippen LogP contribution in [0.1, 0.15) is 28.8 Å². The summed E-state index contributed by atoms with van der Waals surface area (Å²) >= 11 is 0. The molecular weight excluding hydrogens is 374 g/mol. The fourth-order valence-corrected chi connectivity index (χ4v) is 4.88. The molecule has 1 aliphatic carbocycles. The monoisotopic (exact) mass is 399 g/mol. The standard InChI is InChI=1S/C21H25N3O3S/c25-21(22-19-9-10-19)18-7-4-8-20(15-18)28(26,27)24-13-11-23(12-14-24)16-17-5-2-1-3-6-17/h1-8,15,19H,9-14,16H2,(H,22,25). The Hall–Kier alpha value is -2.22. The highest BCUT2D eigenvalue weighted by atomic mass is 32.2. The second kappa shape index (κ2) is 8.03. The molecule has 28 heavy (non-hydrogen) atoms. The van der Waals surface area contributed by atoms with Gasteiger partial charge in [-0.05, 0) is 36.6 Å². The average Bonchev–Trinajstić information content (AvgIpc) is 3.53. The molecule has 0 spiro atoms. The van der Waals surface area contributed by atoms with E-state index < -0.39 is 10.0 Å². The van der Waals surface area contributed by atoms with Crippen LogP contribution in [0.15, 0.2) is 59.5 Å². The van der Waals surface area contributed by atoms with Gasteiger partial charge in [-0.3, -0.25) is 9.69 Å². The Bertz CT molecular complexity index is 934. The van der Waals surface area contributed by atoms with Crippen molar-refractivity contribution in [2.45, 2.75) is 30.3 Å². The van der Waals surface area contributed by atoms with Gasteiger partial charge >= 0.3 is 0 Å². The number of rotatable bonds is 6. The molecule has 1 N–H and O–H groups in total. The number of carbonyl (C=O) groups is 1. The molecule has 1 saturated carbocycles. The lowest BCUT2D eigenvalue weighted by molar-refractivity contribution is 0.0951. The van der Waals surface area contributed by atoms with Gasteiger partial charge in [0.15, 0.2) is 0 Å². The summed E-state index contributed by atoms with van der Waals surface area (Å²) in [5.74, 6) is -0.202. The molecule has 2 aliphatic rings. The first-order chi connectivity index (χ1) is 13.5. The maximum absolute atomic E-state index is 13.0. The van der Waals surface area contributed by atoms with Crippen LogP contribution >= 0.6 is 0 Å². The number of piperazine rings is 1. The molecule has 4 rings (SSSR count). The zero-order valence-electron chi connectivity index (χ0n) is 15.8.